The normalized spacial score (nSPS) is 23.1. The number of ether oxygens (including phenoxy) is 1. The van der Waals surface area contributed by atoms with Crippen molar-refractivity contribution < 1.29 is 18.3 Å². The second-order valence-electron chi connectivity index (χ2n) is 4.39. The molecular weight excluding hydrogens is 242 g/mol. The summed E-state index contributed by atoms with van der Waals surface area (Å²) in [5.41, 5.74) is 5.20. The fourth-order valence-electron chi connectivity index (χ4n) is 1.92. The second kappa shape index (κ2) is 4.89. The van der Waals surface area contributed by atoms with Crippen LogP contribution in [0.2, 0.25) is 0 Å². The molecule has 0 aliphatic carbocycles. The Morgan fingerprint density at radius 2 is 2.22 bits per heavy atom. The minimum atomic E-state index is -1.14. The molecule has 2 unspecified atom stereocenters. The number of nitrogens with one attached hydrogen (secondary N) is 1. The summed E-state index contributed by atoms with van der Waals surface area (Å²) in [5.74, 6) is -2.96. The van der Waals surface area contributed by atoms with E-state index in [1.165, 1.54) is 6.07 Å². The first-order valence-corrected chi connectivity index (χ1v) is 5.65. The van der Waals surface area contributed by atoms with Crippen molar-refractivity contribution in [1.29, 1.82) is 0 Å². The van der Waals surface area contributed by atoms with Gasteiger partial charge in [-0.05, 0) is 25.5 Å². The third-order valence-electron chi connectivity index (χ3n) is 2.94. The lowest BCUT2D eigenvalue weighted by molar-refractivity contribution is -0.119. The largest absolute Gasteiger partial charge is 0.397 e. The van der Waals surface area contributed by atoms with E-state index < -0.39 is 17.5 Å². The van der Waals surface area contributed by atoms with E-state index in [1.54, 1.807) is 0 Å². The molecule has 1 aliphatic heterocycles. The Balaban J connectivity index is 2.14. The first kappa shape index (κ1) is 12.8. The summed E-state index contributed by atoms with van der Waals surface area (Å²) in [6.45, 7) is 2.13. The number of nitrogens with two attached hydrogens (primary N) is 1. The smallest absolute Gasteiger partial charge is 0.230 e. The Morgan fingerprint density at radius 1 is 1.50 bits per heavy atom. The average Bonchev–Trinajstić information content (AvgIpc) is 2.76. The fraction of sp³-hybridized carbons (Fsp3) is 0.417. The van der Waals surface area contributed by atoms with Gasteiger partial charge in [-0.1, -0.05) is 0 Å². The molecule has 1 aromatic carbocycles. The van der Waals surface area contributed by atoms with Crippen molar-refractivity contribution in [1.82, 2.24) is 0 Å². The molecule has 1 saturated heterocycles. The molecular formula is C12H14F2N2O2. The van der Waals surface area contributed by atoms with Gasteiger partial charge < -0.3 is 15.8 Å². The van der Waals surface area contributed by atoms with Gasteiger partial charge in [0.1, 0.15) is 5.69 Å². The predicted octanol–water partition coefficient (Wildman–Crippen LogP) is 1.91. The average molecular weight is 256 g/mol. The van der Waals surface area contributed by atoms with Crippen molar-refractivity contribution >= 4 is 17.3 Å². The summed E-state index contributed by atoms with van der Waals surface area (Å²) in [6.07, 6.45) is 0.554. The van der Waals surface area contributed by atoms with Crippen molar-refractivity contribution in [2.24, 2.45) is 5.92 Å². The molecule has 0 radical (unpaired) electrons. The van der Waals surface area contributed by atoms with Gasteiger partial charge in [0.15, 0.2) is 11.6 Å². The number of nitrogen functional groups attached to an aromatic ring is 1. The van der Waals surface area contributed by atoms with Gasteiger partial charge in [-0.15, -0.1) is 0 Å². The molecule has 2 rings (SSSR count). The molecule has 98 valence electrons. The summed E-state index contributed by atoms with van der Waals surface area (Å²) < 4.78 is 31.8. The third kappa shape index (κ3) is 2.43. The van der Waals surface area contributed by atoms with Crippen LogP contribution in [0.15, 0.2) is 12.1 Å². The highest BCUT2D eigenvalue weighted by Gasteiger charge is 2.29. The molecule has 0 aromatic heterocycles. The van der Waals surface area contributed by atoms with E-state index >= 15 is 0 Å². The molecule has 1 aliphatic rings. The van der Waals surface area contributed by atoms with Gasteiger partial charge >= 0.3 is 0 Å². The second-order valence-corrected chi connectivity index (χ2v) is 4.39. The van der Waals surface area contributed by atoms with Gasteiger partial charge in [-0.2, -0.15) is 0 Å². The van der Waals surface area contributed by atoms with E-state index in [2.05, 4.69) is 5.32 Å². The zero-order chi connectivity index (χ0) is 13.3. The monoisotopic (exact) mass is 256 g/mol. The van der Waals surface area contributed by atoms with Crippen LogP contribution < -0.4 is 11.1 Å². The summed E-state index contributed by atoms with van der Waals surface area (Å²) >= 11 is 0. The minimum Gasteiger partial charge on any atom is -0.397 e. The lowest BCUT2D eigenvalue weighted by Gasteiger charge is -2.12. The maximum absolute atomic E-state index is 13.5. The highest BCUT2D eigenvalue weighted by Crippen LogP contribution is 2.27. The van der Waals surface area contributed by atoms with Crippen LogP contribution in [0.25, 0.3) is 0 Å². The van der Waals surface area contributed by atoms with E-state index in [0.717, 1.165) is 6.07 Å². The van der Waals surface area contributed by atoms with Gasteiger partial charge in [-0.3, -0.25) is 4.79 Å². The number of carbonyl (C=O) groups is 1. The quantitative estimate of drug-likeness (QED) is 0.794. The van der Waals surface area contributed by atoms with Gasteiger partial charge in [0.05, 0.1) is 24.3 Å². The Labute approximate surface area is 103 Å². The first-order chi connectivity index (χ1) is 8.49. The van der Waals surface area contributed by atoms with Crippen LogP contribution in [-0.4, -0.2) is 18.6 Å². The lowest BCUT2D eigenvalue weighted by Crippen LogP contribution is -2.24. The van der Waals surface area contributed by atoms with Crippen LogP contribution in [0.3, 0.4) is 0 Å². The van der Waals surface area contributed by atoms with Crippen molar-refractivity contribution in [2.75, 3.05) is 17.7 Å². The summed E-state index contributed by atoms with van der Waals surface area (Å²) in [4.78, 5) is 11.8. The molecule has 6 heteroatoms. The molecule has 0 bridgehead atoms. The SMILES string of the molecule is CC1CC(C(=O)Nc2c(N)ccc(F)c2F)CO1. The molecule has 18 heavy (non-hydrogen) atoms. The number of anilines is 2. The van der Waals surface area contributed by atoms with Gasteiger partial charge in [0.25, 0.3) is 0 Å². The van der Waals surface area contributed by atoms with E-state index in [-0.39, 0.29) is 30.0 Å². The maximum Gasteiger partial charge on any atom is 0.230 e. The molecule has 1 heterocycles. The van der Waals surface area contributed by atoms with Crippen LogP contribution in [-0.2, 0) is 9.53 Å². The molecule has 1 aromatic rings. The third-order valence-corrected chi connectivity index (χ3v) is 2.94. The van der Waals surface area contributed by atoms with Crippen molar-refractivity contribution in [3.63, 3.8) is 0 Å². The number of benzene rings is 1. The standard InChI is InChI=1S/C12H14F2N2O2/c1-6-4-7(5-18-6)12(17)16-11-9(15)3-2-8(13)10(11)14/h2-3,6-7H,4-5,15H2,1H3,(H,16,17). The summed E-state index contributed by atoms with van der Waals surface area (Å²) in [5, 5.41) is 2.32. The van der Waals surface area contributed by atoms with Gasteiger partial charge in [0.2, 0.25) is 5.91 Å². The van der Waals surface area contributed by atoms with E-state index in [0.29, 0.717) is 6.42 Å². The van der Waals surface area contributed by atoms with Crippen LogP contribution in [0, 0.1) is 17.6 Å². The van der Waals surface area contributed by atoms with Crippen LogP contribution in [0.5, 0.6) is 0 Å². The van der Waals surface area contributed by atoms with Crippen LogP contribution in [0.4, 0.5) is 20.2 Å². The molecule has 3 N–H and O–H groups in total. The first-order valence-electron chi connectivity index (χ1n) is 5.65. The molecule has 1 fully saturated rings. The van der Waals surface area contributed by atoms with Crippen LogP contribution in [0.1, 0.15) is 13.3 Å². The Bertz CT molecular complexity index is 479. The number of amides is 1. The molecule has 0 spiro atoms. The van der Waals surface area contributed by atoms with Gasteiger partial charge in [0, 0.05) is 0 Å². The number of carbonyl (C=O) groups excluding carboxylic acids is 1. The highest BCUT2D eigenvalue weighted by molar-refractivity contribution is 5.95. The lowest BCUT2D eigenvalue weighted by atomic mass is 10.1. The van der Waals surface area contributed by atoms with Crippen molar-refractivity contribution in [2.45, 2.75) is 19.4 Å². The zero-order valence-electron chi connectivity index (χ0n) is 9.87. The molecule has 4 nitrogen and oxygen atoms in total. The molecule has 1 amide bonds. The molecule has 2 atom stereocenters. The Kier molecular flexibility index (Phi) is 3.47. The van der Waals surface area contributed by atoms with Crippen molar-refractivity contribution in [3.05, 3.63) is 23.8 Å². The topological polar surface area (TPSA) is 64.4 Å². The number of hydrogen-bond acceptors (Lipinski definition) is 3. The maximum atomic E-state index is 13.5. The Morgan fingerprint density at radius 3 is 2.83 bits per heavy atom. The van der Waals surface area contributed by atoms with Crippen LogP contribution >= 0.6 is 0 Å². The molecule has 0 saturated carbocycles. The summed E-state index contributed by atoms with van der Waals surface area (Å²) in [7, 11) is 0. The van der Waals surface area contributed by atoms with E-state index in [9.17, 15) is 13.6 Å². The fourth-order valence-corrected chi connectivity index (χ4v) is 1.92. The van der Waals surface area contributed by atoms with Crippen molar-refractivity contribution in [3.8, 4) is 0 Å². The highest BCUT2D eigenvalue weighted by atomic mass is 19.2. The number of hydrogen-bond donors (Lipinski definition) is 2. The number of halogens is 2. The summed E-state index contributed by atoms with van der Waals surface area (Å²) in [6, 6.07) is 2.13. The zero-order valence-corrected chi connectivity index (χ0v) is 9.87. The minimum absolute atomic E-state index is 0.00421. The van der Waals surface area contributed by atoms with E-state index in [4.69, 9.17) is 10.5 Å². The van der Waals surface area contributed by atoms with E-state index in [1.807, 2.05) is 6.92 Å². The number of rotatable bonds is 2. The Hall–Kier alpha value is -1.69. The van der Waals surface area contributed by atoms with Gasteiger partial charge in [-0.25, -0.2) is 8.78 Å². The predicted molar refractivity (Wildman–Crippen MR) is 62.9 cm³/mol.